The highest BCUT2D eigenvalue weighted by Gasteiger charge is 2.03. The third kappa shape index (κ3) is 7.05. The van der Waals surface area contributed by atoms with Crippen LogP contribution in [0.3, 0.4) is 0 Å². The summed E-state index contributed by atoms with van der Waals surface area (Å²) in [6.07, 6.45) is 10.7. The molecule has 2 N–H and O–H groups in total. The van der Waals surface area contributed by atoms with Crippen LogP contribution in [0.25, 0.3) is 12.2 Å². The number of rotatable bonds is 8. The zero-order valence-corrected chi connectivity index (χ0v) is 16.3. The van der Waals surface area contributed by atoms with Gasteiger partial charge in [0.05, 0.1) is 5.69 Å². The maximum Gasteiger partial charge on any atom is 0.271 e. The van der Waals surface area contributed by atoms with Gasteiger partial charge in [0.25, 0.3) is 5.91 Å². The van der Waals surface area contributed by atoms with Gasteiger partial charge < -0.3 is 0 Å². The molecule has 0 aliphatic rings. The quantitative estimate of drug-likeness (QED) is 0.406. The van der Waals surface area contributed by atoms with Crippen molar-refractivity contribution in [3.8, 4) is 0 Å². The fourth-order valence-electron chi connectivity index (χ4n) is 2.49. The lowest BCUT2D eigenvalue weighted by Gasteiger charge is -2.02. The third-order valence-corrected chi connectivity index (χ3v) is 4.00. The van der Waals surface area contributed by atoms with Crippen LogP contribution in [0, 0.1) is 0 Å². The molecule has 3 rings (SSSR count). The van der Waals surface area contributed by atoms with E-state index in [0.717, 1.165) is 16.8 Å². The van der Waals surface area contributed by atoms with Gasteiger partial charge in [-0.1, -0.05) is 72.8 Å². The minimum Gasteiger partial charge on any atom is -0.279 e. The van der Waals surface area contributed by atoms with Gasteiger partial charge in [0.15, 0.2) is 0 Å². The molecule has 3 aromatic rings. The van der Waals surface area contributed by atoms with Crippen LogP contribution in [0.2, 0.25) is 0 Å². The molecule has 0 spiro atoms. The molecule has 30 heavy (non-hydrogen) atoms. The first-order chi connectivity index (χ1) is 14.8. The summed E-state index contributed by atoms with van der Waals surface area (Å²) in [7, 11) is 0. The highest BCUT2D eigenvalue weighted by Crippen LogP contribution is 2.09. The molecule has 0 unspecified atom stereocenters. The van der Waals surface area contributed by atoms with Crippen molar-refractivity contribution in [2.75, 3.05) is 5.43 Å². The molecule has 5 heteroatoms. The first kappa shape index (κ1) is 20.5. The summed E-state index contributed by atoms with van der Waals surface area (Å²) in [6.45, 7) is 0. The molecule has 0 saturated heterocycles. The van der Waals surface area contributed by atoms with Gasteiger partial charge in [-0.3, -0.25) is 10.2 Å². The van der Waals surface area contributed by atoms with E-state index in [4.69, 9.17) is 0 Å². The Hall–Kier alpha value is -4.25. The maximum absolute atomic E-state index is 12.1. The van der Waals surface area contributed by atoms with E-state index in [1.807, 2.05) is 78.9 Å². The van der Waals surface area contributed by atoms with Crippen LogP contribution in [0.4, 0.5) is 5.69 Å². The second kappa shape index (κ2) is 11.6. The number of allylic oxidation sites excluding steroid dienone is 2. The highest BCUT2D eigenvalue weighted by molar-refractivity contribution is 5.95. The summed E-state index contributed by atoms with van der Waals surface area (Å²) < 4.78 is 0. The molecule has 0 aliphatic carbocycles. The Morgan fingerprint density at radius 1 is 0.667 bits per heavy atom. The van der Waals surface area contributed by atoms with E-state index < -0.39 is 0 Å². The highest BCUT2D eigenvalue weighted by atomic mass is 16.2. The second-order valence-corrected chi connectivity index (χ2v) is 6.23. The molecular formula is C25H22N4O. The number of hydrogen-bond acceptors (Lipinski definition) is 4. The maximum atomic E-state index is 12.1. The number of carbonyl (C=O) groups excluding carboxylic acids is 1. The molecule has 0 radical (unpaired) electrons. The van der Waals surface area contributed by atoms with Crippen molar-refractivity contribution < 1.29 is 4.79 Å². The van der Waals surface area contributed by atoms with Crippen LogP contribution in [-0.4, -0.2) is 18.3 Å². The average molecular weight is 394 g/mol. The lowest BCUT2D eigenvalue weighted by molar-refractivity contribution is 0.0955. The number of anilines is 1. The number of benzene rings is 3. The smallest absolute Gasteiger partial charge is 0.271 e. The van der Waals surface area contributed by atoms with Gasteiger partial charge in [-0.25, -0.2) is 5.43 Å². The van der Waals surface area contributed by atoms with Gasteiger partial charge in [-0.05, 0) is 47.5 Å². The molecule has 3 aromatic carbocycles. The predicted octanol–water partition coefficient (Wildman–Crippen LogP) is 5.23. The van der Waals surface area contributed by atoms with Gasteiger partial charge in [0.2, 0.25) is 0 Å². The molecule has 0 aromatic heterocycles. The number of hydrogen-bond donors (Lipinski definition) is 2. The van der Waals surface area contributed by atoms with Gasteiger partial charge in [0, 0.05) is 18.0 Å². The molecule has 5 nitrogen and oxygen atoms in total. The van der Waals surface area contributed by atoms with Gasteiger partial charge in [-0.15, -0.1) is 0 Å². The molecule has 148 valence electrons. The number of amides is 1. The zero-order chi connectivity index (χ0) is 20.9. The van der Waals surface area contributed by atoms with Gasteiger partial charge in [0.1, 0.15) is 0 Å². The van der Waals surface area contributed by atoms with Crippen molar-refractivity contribution in [1.82, 2.24) is 5.43 Å². The van der Waals surface area contributed by atoms with E-state index in [0.29, 0.717) is 5.56 Å². The molecule has 0 atom stereocenters. The lowest BCUT2D eigenvalue weighted by atomic mass is 10.2. The molecule has 0 saturated carbocycles. The van der Waals surface area contributed by atoms with E-state index >= 15 is 0 Å². The largest absolute Gasteiger partial charge is 0.279 e. The lowest BCUT2D eigenvalue weighted by Crippen LogP contribution is -2.17. The van der Waals surface area contributed by atoms with Crippen molar-refractivity contribution in [3.05, 3.63) is 114 Å². The topological polar surface area (TPSA) is 65.8 Å². The van der Waals surface area contributed by atoms with Crippen LogP contribution in [0.5, 0.6) is 0 Å². The Morgan fingerprint density at radius 3 is 1.77 bits per heavy atom. The van der Waals surface area contributed by atoms with Crippen molar-refractivity contribution in [1.29, 1.82) is 0 Å². The van der Waals surface area contributed by atoms with Crippen molar-refractivity contribution >= 4 is 36.2 Å². The summed E-state index contributed by atoms with van der Waals surface area (Å²) >= 11 is 0. The number of carbonyl (C=O) groups is 1. The molecule has 0 bridgehead atoms. The third-order valence-electron chi connectivity index (χ3n) is 4.00. The molecular weight excluding hydrogens is 372 g/mol. The summed E-state index contributed by atoms with van der Waals surface area (Å²) in [4.78, 5) is 12.1. The Kier molecular flexibility index (Phi) is 7.89. The first-order valence-corrected chi connectivity index (χ1v) is 9.47. The Balaban J connectivity index is 1.43. The Bertz CT molecular complexity index is 1040. The molecule has 0 heterocycles. The summed E-state index contributed by atoms with van der Waals surface area (Å²) in [5.41, 5.74) is 8.89. The van der Waals surface area contributed by atoms with Crippen LogP contribution in [0.1, 0.15) is 21.5 Å². The van der Waals surface area contributed by atoms with Crippen LogP contribution >= 0.6 is 0 Å². The van der Waals surface area contributed by atoms with Gasteiger partial charge in [-0.2, -0.15) is 10.2 Å². The van der Waals surface area contributed by atoms with Crippen LogP contribution < -0.4 is 10.9 Å². The minimum absolute atomic E-state index is 0.278. The zero-order valence-electron chi connectivity index (χ0n) is 16.3. The van der Waals surface area contributed by atoms with Crippen molar-refractivity contribution in [2.24, 2.45) is 10.2 Å². The van der Waals surface area contributed by atoms with E-state index in [1.54, 1.807) is 42.8 Å². The fraction of sp³-hybridized carbons (Fsp3) is 0. The monoisotopic (exact) mass is 394 g/mol. The average Bonchev–Trinajstić information content (AvgIpc) is 2.80. The molecule has 1 amide bonds. The second-order valence-electron chi connectivity index (χ2n) is 6.23. The molecule has 0 aliphatic heterocycles. The number of nitrogens with one attached hydrogen (secondary N) is 2. The van der Waals surface area contributed by atoms with Crippen molar-refractivity contribution in [3.63, 3.8) is 0 Å². The Labute approximate surface area is 176 Å². The van der Waals surface area contributed by atoms with E-state index in [9.17, 15) is 4.79 Å². The predicted molar refractivity (Wildman–Crippen MR) is 125 cm³/mol. The number of hydrazone groups is 2. The van der Waals surface area contributed by atoms with Crippen molar-refractivity contribution in [2.45, 2.75) is 0 Å². The normalized spacial score (nSPS) is 11.6. The standard InChI is InChI=1S/C25H22N4O/c30-25(29-27-20-8-14-22-11-5-2-6-12-22)23-15-17-24(18-16-23)28-26-19-7-13-21-9-3-1-4-10-21/h1-20,28H,(H,29,30)/b13-7+,14-8+,26-19+,27-20+. The van der Waals surface area contributed by atoms with Crippen LogP contribution in [-0.2, 0) is 0 Å². The minimum atomic E-state index is -0.278. The first-order valence-electron chi connectivity index (χ1n) is 9.47. The fourth-order valence-corrected chi connectivity index (χ4v) is 2.49. The number of nitrogens with zero attached hydrogens (tertiary/aromatic N) is 2. The SMILES string of the molecule is O=C(N/N=C/C=C/c1ccccc1)c1ccc(N/N=C/C=C/c2ccccc2)cc1. The Morgan fingerprint density at radius 2 is 1.20 bits per heavy atom. The summed E-state index contributed by atoms with van der Waals surface area (Å²) in [5, 5.41) is 8.05. The van der Waals surface area contributed by atoms with Crippen LogP contribution in [0.15, 0.2) is 107 Å². The van der Waals surface area contributed by atoms with E-state index in [-0.39, 0.29) is 5.91 Å². The summed E-state index contributed by atoms with van der Waals surface area (Å²) in [6, 6.07) is 26.8. The van der Waals surface area contributed by atoms with E-state index in [1.165, 1.54) is 0 Å². The van der Waals surface area contributed by atoms with Gasteiger partial charge >= 0.3 is 0 Å². The van der Waals surface area contributed by atoms with E-state index in [2.05, 4.69) is 21.1 Å². The summed E-state index contributed by atoms with van der Waals surface area (Å²) in [5.74, 6) is -0.278. The molecule has 0 fully saturated rings.